The minimum absolute atomic E-state index is 0.686. The number of methoxy groups -OCH3 is 1. The van der Waals surface area contributed by atoms with Gasteiger partial charge in [-0.05, 0) is 24.5 Å². The van der Waals surface area contributed by atoms with Crippen molar-refractivity contribution in [1.29, 1.82) is 0 Å². The van der Waals surface area contributed by atoms with E-state index in [-0.39, 0.29) is 0 Å². The zero-order chi connectivity index (χ0) is 14.5. The maximum Gasteiger partial charge on any atom is 0.120 e. The molecule has 0 amide bonds. The lowest BCUT2D eigenvalue weighted by molar-refractivity contribution is 0.415. The van der Waals surface area contributed by atoms with E-state index < -0.39 is 0 Å². The summed E-state index contributed by atoms with van der Waals surface area (Å²) in [6.07, 6.45) is 4.87. The number of nitrogens with one attached hydrogen (secondary N) is 2. The highest BCUT2D eigenvalue weighted by Gasteiger charge is 2.22. The van der Waals surface area contributed by atoms with Gasteiger partial charge < -0.3 is 19.9 Å². The second-order valence-corrected chi connectivity index (χ2v) is 5.47. The molecule has 1 aromatic heterocycles. The Morgan fingerprint density at radius 2 is 2.43 bits per heavy atom. The van der Waals surface area contributed by atoms with Crippen molar-refractivity contribution in [3.63, 3.8) is 0 Å². The summed E-state index contributed by atoms with van der Waals surface area (Å²) in [5.41, 5.74) is 1.25. The lowest BCUT2D eigenvalue weighted by atomic mass is 10.1. The van der Waals surface area contributed by atoms with Gasteiger partial charge >= 0.3 is 0 Å². The highest BCUT2D eigenvalue weighted by Crippen LogP contribution is 2.26. The first-order chi connectivity index (χ1) is 10.3. The largest absolute Gasteiger partial charge is 0.497 e. The molecule has 3 rings (SSSR count). The molecule has 0 aliphatic carbocycles. The van der Waals surface area contributed by atoms with E-state index >= 15 is 0 Å². The van der Waals surface area contributed by atoms with E-state index in [9.17, 15) is 0 Å². The quantitative estimate of drug-likeness (QED) is 0.853. The topological polar surface area (TPSA) is 53.2 Å². The summed E-state index contributed by atoms with van der Waals surface area (Å²) in [7, 11) is 1.71. The van der Waals surface area contributed by atoms with Crippen LogP contribution in [0.25, 0.3) is 0 Å². The molecule has 21 heavy (non-hydrogen) atoms. The fourth-order valence-corrected chi connectivity index (χ4v) is 2.83. The number of rotatable bonds is 6. The number of imidazole rings is 1. The molecule has 0 spiro atoms. The fourth-order valence-electron chi connectivity index (χ4n) is 2.83. The van der Waals surface area contributed by atoms with E-state index in [1.54, 1.807) is 13.3 Å². The van der Waals surface area contributed by atoms with E-state index in [2.05, 4.69) is 38.4 Å². The third kappa shape index (κ3) is 3.55. The minimum Gasteiger partial charge on any atom is -0.497 e. The molecule has 1 atom stereocenters. The molecule has 1 saturated heterocycles. The number of aromatic nitrogens is 2. The van der Waals surface area contributed by atoms with Gasteiger partial charge in [0.1, 0.15) is 11.6 Å². The maximum atomic E-state index is 5.30. The van der Waals surface area contributed by atoms with Crippen molar-refractivity contribution < 1.29 is 4.74 Å². The Bertz CT molecular complexity index is 555. The first-order valence-corrected chi connectivity index (χ1v) is 7.43. The van der Waals surface area contributed by atoms with Gasteiger partial charge in [0.05, 0.1) is 13.7 Å². The first-order valence-electron chi connectivity index (χ1n) is 7.43. The minimum atomic E-state index is 0.686. The van der Waals surface area contributed by atoms with E-state index in [4.69, 9.17) is 4.74 Å². The summed E-state index contributed by atoms with van der Waals surface area (Å²) in [6, 6.07) is 8.30. The Balaban J connectivity index is 1.48. The van der Waals surface area contributed by atoms with Gasteiger partial charge in [-0.2, -0.15) is 0 Å². The number of aromatic amines is 1. The second-order valence-electron chi connectivity index (χ2n) is 5.47. The number of ether oxygens (including phenoxy) is 1. The van der Waals surface area contributed by atoms with Crippen molar-refractivity contribution in [1.82, 2.24) is 15.3 Å². The standard InChI is InChI=1S/C16H22N4O/c1-21-15-4-2-3-14(9-15)20-8-5-13(12-20)10-17-11-16-18-6-7-19-16/h2-4,6-7,9,13,17H,5,8,10-12H2,1H3,(H,18,19). The van der Waals surface area contributed by atoms with Gasteiger partial charge in [0.25, 0.3) is 0 Å². The number of benzene rings is 1. The van der Waals surface area contributed by atoms with Crippen LogP contribution in [0.5, 0.6) is 5.75 Å². The number of hydrogen-bond acceptors (Lipinski definition) is 4. The van der Waals surface area contributed by atoms with E-state index in [0.29, 0.717) is 5.92 Å². The predicted octanol–water partition coefficient (Wildman–Crippen LogP) is 2.03. The third-order valence-corrected chi connectivity index (χ3v) is 3.98. The highest BCUT2D eigenvalue weighted by molar-refractivity contribution is 5.51. The molecular formula is C16H22N4O. The van der Waals surface area contributed by atoms with Crippen LogP contribution in [0.15, 0.2) is 36.7 Å². The summed E-state index contributed by atoms with van der Waals surface area (Å²) < 4.78 is 5.30. The molecule has 2 heterocycles. The summed E-state index contributed by atoms with van der Waals surface area (Å²) in [4.78, 5) is 9.76. The lowest BCUT2D eigenvalue weighted by Crippen LogP contribution is -2.26. The van der Waals surface area contributed by atoms with Gasteiger partial charge in [0.2, 0.25) is 0 Å². The molecule has 0 saturated carbocycles. The molecule has 1 aliphatic rings. The SMILES string of the molecule is COc1cccc(N2CCC(CNCc3ncc[nH]3)C2)c1. The zero-order valence-electron chi connectivity index (χ0n) is 12.4. The molecule has 2 aromatic rings. The van der Waals surface area contributed by atoms with Crippen LogP contribution in [-0.2, 0) is 6.54 Å². The van der Waals surface area contributed by atoms with Gasteiger partial charge in [0.15, 0.2) is 0 Å². The molecule has 1 fully saturated rings. The van der Waals surface area contributed by atoms with Crippen LogP contribution in [-0.4, -0.2) is 36.7 Å². The Morgan fingerprint density at radius 3 is 3.24 bits per heavy atom. The van der Waals surface area contributed by atoms with Crippen molar-refractivity contribution >= 4 is 5.69 Å². The molecule has 1 aromatic carbocycles. The zero-order valence-corrected chi connectivity index (χ0v) is 12.4. The Kier molecular flexibility index (Phi) is 4.40. The van der Waals surface area contributed by atoms with Crippen LogP contribution in [0.4, 0.5) is 5.69 Å². The Labute approximate surface area is 125 Å². The summed E-state index contributed by atoms with van der Waals surface area (Å²) in [5, 5.41) is 3.48. The third-order valence-electron chi connectivity index (χ3n) is 3.98. The molecule has 0 radical (unpaired) electrons. The fraction of sp³-hybridized carbons (Fsp3) is 0.438. The van der Waals surface area contributed by atoms with Crippen molar-refractivity contribution in [3.05, 3.63) is 42.5 Å². The lowest BCUT2D eigenvalue weighted by Gasteiger charge is -2.19. The molecule has 1 unspecified atom stereocenters. The van der Waals surface area contributed by atoms with Crippen LogP contribution >= 0.6 is 0 Å². The number of H-pyrrole nitrogens is 1. The van der Waals surface area contributed by atoms with Crippen LogP contribution in [0.2, 0.25) is 0 Å². The molecule has 2 N–H and O–H groups in total. The number of hydrogen-bond donors (Lipinski definition) is 2. The maximum absolute atomic E-state index is 5.30. The van der Waals surface area contributed by atoms with Crippen LogP contribution in [0, 0.1) is 5.92 Å². The van der Waals surface area contributed by atoms with Gasteiger partial charge in [-0.25, -0.2) is 4.98 Å². The normalized spacial score (nSPS) is 18.1. The number of anilines is 1. The number of nitrogens with zero attached hydrogens (tertiary/aromatic N) is 2. The molecule has 5 nitrogen and oxygen atoms in total. The Hall–Kier alpha value is -2.01. The molecule has 5 heteroatoms. The van der Waals surface area contributed by atoms with Gasteiger partial charge in [-0.3, -0.25) is 0 Å². The van der Waals surface area contributed by atoms with Gasteiger partial charge in [0, 0.05) is 43.8 Å². The van der Waals surface area contributed by atoms with Crippen molar-refractivity contribution in [2.45, 2.75) is 13.0 Å². The van der Waals surface area contributed by atoms with Crippen molar-refractivity contribution in [2.24, 2.45) is 5.92 Å². The summed E-state index contributed by atoms with van der Waals surface area (Å²) in [5.74, 6) is 2.61. The van der Waals surface area contributed by atoms with Crippen LogP contribution in [0.3, 0.4) is 0 Å². The molecule has 112 valence electrons. The van der Waals surface area contributed by atoms with Crippen LogP contribution < -0.4 is 15.0 Å². The average molecular weight is 286 g/mol. The second kappa shape index (κ2) is 6.63. The first kappa shape index (κ1) is 13.9. The average Bonchev–Trinajstić information content (AvgIpc) is 3.19. The van der Waals surface area contributed by atoms with Crippen molar-refractivity contribution in [3.8, 4) is 5.75 Å². The van der Waals surface area contributed by atoms with Crippen molar-refractivity contribution in [2.75, 3.05) is 31.6 Å². The molecule has 0 bridgehead atoms. The van der Waals surface area contributed by atoms with Gasteiger partial charge in [-0.15, -0.1) is 0 Å². The van der Waals surface area contributed by atoms with E-state index in [0.717, 1.165) is 37.8 Å². The smallest absolute Gasteiger partial charge is 0.120 e. The van der Waals surface area contributed by atoms with Gasteiger partial charge in [-0.1, -0.05) is 6.07 Å². The summed E-state index contributed by atoms with van der Waals surface area (Å²) >= 11 is 0. The Morgan fingerprint density at radius 1 is 1.48 bits per heavy atom. The molecular weight excluding hydrogens is 264 g/mol. The van der Waals surface area contributed by atoms with E-state index in [1.165, 1.54) is 12.1 Å². The summed E-state index contributed by atoms with van der Waals surface area (Å²) in [6.45, 7) is 4.04. The molecule has 1 aliphatic heterocycles. The van der Waals surface area contributed by atoms with E-state index in [1.807, 2.05) is 12.3 Å². The highest BCUT2D eigenvalue weighted by atomic mass is 16.5. The predicted molar refractivity (Wildman–Crippen MR) is 83.6 cm³/mol. The monoisotopic (exact) mass is 286 g/mol. The van der Waals surface area contributed by atoms with Crippen LogP contribution in [0.1, 0.15) is 12.2 Å².